The Morgan fingerprint density at radius 3 is 2.92 bits per heavy atom. The molecule has 2 aromatic rings. The summed E-state index contributed by atoms with van der Waals surface area (Å²) in [5.41, 5.74) is 1.98. The average Bonchev–Trinajstić information content (AvgIpc) is 3.17. The molecule has 1 fully saturated rings. The summed E-state index contributed by atoms with van der Waals surface area (Å²) >= 11 is 0. The molecule has 0 aromatic carbocycles. The lowest BCUT2D eigenvalue weighted by Gasteiger charge is -2.24. The first-order chi connectivity index (χ1) is 11.6. The van der Waals surface area contributed by atoms with Gasteiger partial charge in [0.15, 0.2) is 0 Å². The fourth-order valence-corrected chi connectivity index (χ4v) is 3.35. The lowest BCUT2D eigenvalue weighted by Crippen LogP contribution is -2.38. The first kappa shape index (κ1) is 16.5. The van der Waals surface area contributed by atoms with Gasteiger partial charge >= 0.3 is 6.03 Å². The summed E-state index contributed by atoms with van der Waals surface area (Å²) in [6.07, 6.45) is 8.47. The first-order valence-corrected chi connectivity index (χ1v) is 8.74. The normalized spacial score (nSPS) is 16.8. The molecule has 7 nitrogen and oxygen atoms in total. The van der Waals surface area contributed by atoms with Gasteiger partial charge in [-0.2, -0.15) is 10.2 Å². The van der Waals surface area contributed by atoms with Crippen LogP contribution >= 0.6 is 0 Å². The molecule has 0 radical (unpaired) electrons. The van der Waals surface area contributed by atoms with E-state index in [1.54, 1.807) is 6.20 Å². The Morgan fingerprint density at radius 2 is 2.21 bits per heavy atom. The molecule has 1 saturated carbocycles. The Balaban J connectivity index is 1.54. The van der Waals surface area contributed by atoms with Crippen molar-refractivity contribution in [2.24, 2.45) is 0 Å². The molecule has 0 aliphatic heterocycles. The predicted molar refractivity (Wildman–Crippen MR) is 93.0 cm³/mol. The monoisotopic (exact) mass is 330 g/mol. The second-order valence-corrected chi connectivity index (χ2v) is 6.70. The standard InChI is InChI=1S/C17H26N6O/c1-12(10-14-11-13(2)21-22-14)19-17(24)20-16-8-9-18-23(16)15-6-4-3-5-7-15/h8-9,11-12,15H,3-7,10H2,1-2H3,(H,21,22)(H2,19,20,24)/t12-/m1/s1. The van der Waals surface area contributed by atoms with Crippen molar-refractivity contribution in [1.29, 1.82) is 0 Å². The van der Waals surface area contributed by atoms with Gasteiger partial charge in [0.1, 0.15) is 5.82 Å². The molecular weight excluding hydrogens is 304 g/mol. The summed E-state index contributed by atoms with van der Waals surface area (Å²) in [5, 5.41) is 17.4. The van der Waals surface area contributed by atoms with Crippen LogP contribution in [0.25, 0.3) is 0 Å². The quantitative estimate of drug-likeness (QED) is 0.787. The highest BCUT2D eigenvalue weighted by Gasteiger charge is 2.19. The smallest absolute Gasteiger partial charge is 0.320 e. The lowest BCUT2D eigenvalue weighted by atomic mass is 9.96. The number of H-pyrrole nitrogens is 1. The molecular formula is C17H26N6O. The summed E-state index contributed by atoms with van der Waals surface area (Å²) in [7, 11) is 0. The molecule has 0 bridgehead atoms. The van der Waals surface area contributed by atoms with Crippen molar-refractivity contribution in [1.82, 2.24) is 25.3 Å². The van der Waals surface area contributed by atoms with Crippen LogP contribution in [-0.2, 0) is 6.42 Å². The fraction of sp³-hybridized carbons (Fsp3) is 0.588. The second kappa shape index (κ2) is 7.51. The molecule has 3 rings (SSSR count). The van der Waals surface area contributed by atoms with Crippen LogP contribution in [0.5, 0.6) is 0 Å². The van der Waals surface area contributed by atoms with Gasteiger partial charge in [0.05, 0.1) is 17.9 Å². The highest BCUT2D eigenvalue weighted by Crippen LogP contribution is 2.29. The fourth-order valence-electron chi connectivity index (χ4n) is 3.35. The van der Waals surface area contributed by atoms with Gasteiger partial charge < -0.3 is 5.32 Å². The van der Waals surface area contributed by atoms with Gasteiger partial charge in [-0.1, -0.05) is 19.3 Å². The predicted octanol–water partition coefficient (Wildman–Crippen LogP) is 3.17. The number of anilines is 1. The molecule has 2 amide bonds. The van der Waals surface area contributed by atoms with Crippen LogP contribution in [0.15, 0.2) is 18.3 Å². The number of aromatic nitrogens is 4. The molecule has 1 atom stereocenters. The van der Waals surface area contributed by atoms with Gasteiger partial charge in [-0.3, -0.25) is 10.4 Å². The van der Waals surface area contributed by atoms with E-state index >= 15 is 0 Å². The number of nitrogens with zero attached hydrogens (tertiary/aromatic N) is 3. The average molecular weight is 330 g/mol. The Labute approximate surface area is 142 Å². The highest BCUT2D eigenvalue weighted by atomic mass is 16.2. The van der Waals surface area contributed by atoms with E-state index in [0.29, 0.717) is 12.5 Å². The van der Waals surface area contributed by atoms with E-state index in [0.717, 1.165) is 30.0 Å². The molecule has 0 spiro atoms. The van der Waals surface area contributed by atoms with Crippen LogP contribution in [0, 0.1) is 6.92 Å². The number of hydrogen-bond donors (Lipinski definition) is 3. The minimum atomic E-state index is -0.202. The molecule has 1 aliphatic rings. The van der Waals surface area contributed by atoms with E-state index in [1.165, 1.54) is 19.3 Å². The lowest BCUT2D eigenvalue weighted by molar-refractivity contribution is 0.248. The summed E-state index contributed by atoms with van der Waals surface area (Å²) in [6, 6.07) is 4.05. The van der Waals surface area contributed by atoms with Gasteiger partial charge in [0, 0.05) is 24.2 Å². The van der Waals surface area contributed by atoms with Crippen LogP contribution in [0.2, 0.25) is 0 Å². The van der Waals surface area contributed by atoms with E-state index in [9.17, 15) is 4.79 Å². The number of aromatic amines is 1. The van der Waals surface area contributed by atoms with Crippen molar-refractivity contribution in [2.75, 3.05) is 5.32 Å². The SMILES string of the molecule is Cc1cc(C[C@@H](C)NC(=O)Nc2ccnn2C2CCCCC2)n[nH]1. The summed E-state index contributed by atoms with van der Waals surface area (Å²) in [4.78, 5) is 12.3. The van der Waals surface area contributed by atoms with Crippen LogP contribution in [0.3, 0.4) is 0 Å². The second-order valence-electron chi connectivity index (χ2n) is 6.70. The third-order valence-corrected chi connectivity index (χ3v) is 4.48. The van der Waals surface area contributed by atoms with Gasteiger partial charge in [-0.05, 0) is 32.8 Å². The van der Waals surface area contributed by atoms with E-state index in [4.69, 9.17) is 0 Å². The summed E-state index contributed by atoms with van der Waals surface area (Å²) in [6.45, 7) is 3.94. The zero-order valence-corrected chi connectivity index (χ0v) is 14.4. The van der Waals surface area contributed by atoms with Crippen LogP contribution in [0.1, 0.15) is 56.5 Å². The minimum Gasteiger partial charge on any atom is -0.335 e. The molecule has 130 valence electrons. The van der Waals surface area contributed by atoms with Gasteiger partial charge in [0.2, 0.25) is 0 Å². The molecule has 1 aliphatic carbocycles. The number of amides is 2. The van der Waals surface area contributed by atoms with E-state index < -0.39 is 0 Å². The topological polar surface area (TPSA) is 87.6 Å². The van der Waals surface area contributed by atoms with Gasteiger partial charge in [-0.15, -0.1) is 0 Å². The van der Waals surface area contributed by atoms with E-state index in [2.05, 4.69) is 25.9 Å². The number of carbonyl (C=O) groups excluding carboxylic acids is 1. The Hall–Kier alpha value is -2.31. The van der Waals surface area contributed by atoms with Crippen molar-refractivity contribution >= 4 is 11.8 Å². The maximum absolute atomic E-state index is 12.3. The number of aryl methyl sites for hydroxylation is 1. The van der Waals surface area contributed by atoms with E-state index in [1.807, 2.05) is 30.7 Å². The maximum atomic E-state index is 12.3. The summed E-state index contributed by atoms with van der Waals surface area (Å²) in [5.74, 6) is 0.766. The van der Waals surface area contributed by atoms with Gasteiger partial charge in [0.25, 0.3) is 0 Å². The number of rotatable bonds is 5. The van der Waals surface area contributed by atoms with Crippen molar-refractivity contribution < 1.29 is 4.79 Å². The van der Waals surface area contributed by atoms with Crippen molar-refractivity contribution in [3.05, 3.63) is 29.7 Å². The van der Waals surface area contributed by atoms with Crippen molar-refractivity contribution in [3.8, 4) is 0 Å². The molecule has 0 saturated heterocycles. The zero-order valence-electron chi connectivity index (χ0n) is 14.4. The van der Waals surface area contributed by atoms with Crippen LogP contribution in [0.4, 0.5) is 10.6 Å². The molecule has 24 heavy (non-hydrogen) atoms. The highest BCUT2D eigenvalue weighted by molar-refractivity contribution is 5.88. The zero-order chi connectivity index (χ0) is 16.9. The number of carbonyl (C=O) groups is 1. The van der Waals surface area contributed by atoms with Gasteiger partial charge in [-0.25, -0.2) is 9.48 Å². The Kier molecular flexibility index (Phi) is 5.17. The minimum absolute atomic E-state index is 0.00116. The van der Waals surface area contributed by atoms with Crippen molar-refractivity contribution in [3.63, 3.8) is 0 Å². The Morgan fingerprint density at radius 1 is 1.42 bits per heavy atom. The van der Waals surface area contributed by atoms with Crippen LogP contribution < -0.4 is 10.6 Å². The first-order valence-electron chi connectivity index (χ1n) is 8.74. The molecule has 0 unspecified atom stereocenters. The molecule has 3 N–H and O–H groups in total. The number of hydrogen-bond acceptors (Lipinski definition) is 3. The molecule has 2 heterocycles. The number of urea groups is 1. The number of nitrogens with one attached hydrogen (secondary N) is 3. The van der Waals surface area contributed by atoms with Crippen LogP contribution in [-0.4, -0.2) is 32.1 Å². The third-order valence-electron chi connectivity index (χ3n) is 4.48. The molecule has 2 aromatic heterocycles. The summed E-state index contributed by atoms with van der Waals surface area (Å²) < 4.78 is 1.96. The maximum Gasteiger partial charge on any atom is 0.320 e. The van der Waals surface area contributed by atoms with E-state index in [-0.39, 0.29) is 12.1 Å². The van der Waals surface area contributed by atoms with Crippen molar-refractivity contribution in [2.45, 2.75) is 64.5 Å². The molecule has 7 heteroatoms. The largest absolute Gasteiger partial charge is 0.335 e. The Bertz CT molecular complexity index is 670. The third kappa shape index (κ3) is 4.15.